The number of benzene rings is 5. The molecule has 576 valence electrons. The Balaban J connectivity index is 0.000000140. The number of ether oxygens (including phenoxy) is 3. The van der Waals surface area contributed by atoms with Gasteiger partial charge in [-0.3, -0.25) is 9.97 Å². The zero-order valence-corrected chi connectivity index (χ0v) is 64.7. The molecule has 5 aliphatic rings. The molecule has 0 amide bonds. The minimum Gasteiger partial charge on any atom is -0.497 e. The molecule has 2 aliphatic carbocycles. The predicted molar refractivity (Wildman–Crippen MR) is 446 cm³/mol. The zero-order chi connectivity index (χ0) is 75.4. The summed E-state index contributed by atoms with van der Waals surface area (Å²) < 4.78 is 16.4. The van der Waals surface area contributed by atoms with E-state index in [2.05, 4.69) is 128 Å². The molecule has 27 nitrogen and oxygen atoms in total. The number of halogens is 1. The van der Waals surface area contributed by atoms with Crippen molar-refractivity contribution in [1.82, 2.24) is 59.8 Å². The van der Waals surface area contributed by atoms with Gasteiger partial charge in [0.15, 0.2) is 0 Å². The third-order valence-corrected chi connectivity index (χ3v) is 21.0. The third-order valence-electron chi connectivity index (χ3n) is 20.8. The Morgan fingerprint density at radius 1 is 0.364 bits per heavy atom. The van der Waals surface area contributed by atoms with E-state index >= 15 is 0 Å². The van der Waals surface area contributed by atoms with Crippen molar-refractivity contribution in [2.24, 2.45) is 0 Å². The molecule has 2 saturated carbocycles. The number of nitrogens with zero attached hydrogens (tertiary/aromatic N) is 15. The van der Waals surface area contributed by atoms with E-state index in [1.165, 1.54) is 120 Å². The van der Waals surface area contributed by atoms with Gasteiger partial charge >= 0.3 is 0 Å². The van der Waals surface area contributed by atoms with Crippen molar-refractivity contribution in [1.29, 1.82) is 0 Å². The van der Waals surface area contributed by atoms with Crippen molar-refractivity contribution in [3.8, 4) is 17.2 Å². The fourth-order valence-electron chi connectivity index (χ4n) is 14.9. The summed E-state index contributed by atoms with van der Waals surface area (Å²) >= 11 is 6.30. The first-order valence-corrected chi connectivity index (χ1v) is 39.7. The standard InChI is InChI=1S/C32H35ClN8O3.2C25H34N8/c1-42-22-8-10-27-26(19-22)29(25-9-7-20(33)15-28(25)37-27)34-11-12-35-30-38-31(40-32(39-30)41-13-5-4-6-14-41)36-21-16-23(43-2)18-24(17-21)44-3;2*1-18-10-11-20-21(12-13-26-22(20)16-18)27-17-28-23-30-24(29-19-8-4-2-5-9-19)32-25(31-23)33-14-6-3-7-15-33/h7-10,15-19H,4-6,11-14H2,1-3H3,(H,34,37)(H2,35,36,38,39,40);2*10-13,16,19H,2-9,14-15,17H2,1H3,(H,26,27)(H2,28,29,30,31,32). The van der Waals surface area contributed by atoms with E-state index in [-0.39, 0.29) is 0 Å². The normalized spacial score (nSPS) is 15.6. The van der Waals surface area contributed by atoms with Crippen LogP contribution in [0.1, 0.15) is 133 Å². The number of hydrogen-bond acceptors (Lipinski definition) is 27. The lowest BCUT2D eigenvalue weighted by atomic mass is 9.96. The Kier molecular flexibility index (Phi) is 25.7. The number of aromatic nitrogens is 12. The van der Waals surface area contributed by atoms with Crippen LogP contribution >= 0.6 is 11.6 Å². The van der Waals surface area contributed by atoms with E-state index in [1.807, 2.05) is 79.1 Å². The van der Waals surface area contributed by atoms with E-state index in [4.69, 9.17) is 70.7 Å². The Labute approximate surface area is 648 Å². The summed E-state index contributed by atoms with van der Waals surface area (Å²) in [5.74, 6) is 7.77. The van der Waals surface area contributed by atoms with Crippen LogP contribution in [0.25, 0.3) is 43.6 Å². The van der Waals surface area contributed by atoms with Gasteiger partial charge in [0.25, 0.3) is 0 Å². The van der Waals surface area contributed by atoms with Crippen molar-refractivity contribution in [2.75, 3.05) is 150 Å². The van der Waals surface area contributed by atoms with E-state index in [9.17, 15) is 0 Å². The maximum atomic E-state index is 6.30. The predicted octanol–water partition coefficient (Wildman–Crippen LogP) is 16.4. The van der Waals surface area contributed by atoms with Gasteiger partial charge in [0.2, 0.25) is 53.5 Å². The molecular formula is C82H103ClN24O3. The van der Waals surface area contributed by atoms with Crippen LogP contribution in [0.5, 0.6) is 17.2 Å². The Hall–Kier alpha value is -11.1. The number of pyridine rings is 3. The second kappa shape index (κ2) is 37.3. The average molecular weight is 1510 g/mol. The molecule has 9 N–H and O–H groups in total. The Bertz CT molecular complexity index is 4680. The van der Waals surface area contributed by atoms with Gasteiger partial charge in [0, 0.05) is 139 Å². The number of hydrogen-bond donors (Lipinski definition) is 9. The molecule has 11 aromatic rings. The Morgan fingerprint density at radius 3 is 1.31 bits per heavy atom. The molecule has 28 heteroatoms. The first kappa shape index (κ1) is 75.7. The first-order valence-electron chi connectivity index (χ1n) is 39.3. The number of fused-ring (bicyclic) bond motifs is 4. The second-order valence-corrected chi connectivity index (χ2v) is 29.3. The molecule has 3 aliphatic heterocycles. The molecule has 5 aromatic carbocycles. The molecule has 3 saturated heterocycles. The molecule has 16 rings (SSSR count). The van der Waals surface area contributed by atoms with Gasteiger partial charge in [-0.25, -0.2) is 4.98 Å². The average Bonchev–Trinajstić information content (AvgIpc) is 0.767. The highest BCUT2D eigenvalue weighted by molar-refractivity contribution is 6.31. The third kappa shape index (κ3) is 20.2. The smallest absolute Gasteiger partial charge is 0.233 e. The largest absolute Gasteiger partial charge is 0.497 e. The van der Waals surface area contributed by atoms with Crippen LogP contribution in [0.4, 0.5) is 76.3 Å². The molecule has 9 heterocycles. The lowest BCUT2D eigenvalue weighted by Crippen LogP contribution is -2.32. The topological polar surface area (TPSA) is 300 Å². The monoisotopic (exact) mass is 1510 g/mol. The van der Waals surface area contributed by atoms with Crippen LogP contribution in [0.15, 0.2) is 116 Å². The summed E-state index contributed by atoms with van der Waals surface area (Å²) in [6, 6.07) is 34.7. The summed E-state index contributed by atoms with van der Waals surface area (Å²) in [5, 5.41) is 35.9. The van der Waals surface area contributed by atoms with Gasteiger partial charge in [-0.15, -0.1) is 0 Å². The Morgan fingerprint density at radius 2 is 0.809 bits per heavy atom. The van der Waals surface area contributed by atoms with Crippen LogP contribution in [0.3, 0.4) is 0 Å². The maximum absolute atomic E-state index is 6.30. The van der Waals surface area contributed by atoms with Gasteiger partial charge in [-0.05, 0) is 169 Å². The molecule has 0 bridgehead atoms. The molecular weight excluding hydrogens is 1400 g/mol. The molecule has 0 spiro atoms. The van der Waals surface area contributed by atoms with E-state index < -0.39 is 0 Å². The highest BCUT2D eigenvalue weighted by Gasteiger charge is 2.24. The van der Waals surface area contributed by atoms with Crippen LogP contribution < -0.4 is 76.8 Å². The summed E-state index contributed by atoms with van der Waals surface area (Å²) in [6.07, 6.45) is 26.9. The van der Waals surface area contributed by atoms with Crippen LogP contribution in [-0.2, 0) is 0 Å². The SMILES string of the molecule is COc1cc(Nc2nc(NCCNc3c4ccc(Cl)cc4nc4ccc(OC)cc34)nc(N3CCCCC3)n2)cc(OC)c1.Cc1ccc2c(NCNc3nc(NC4CCCCC4)nc(N4CCCCC4)n3)ccnc2c1.Cc1ccc2c(NCNc3nc(NC4CCCCC4)nc(N4CCCCC4)n3)ccnc2c1. The highest BCUT2D eigenvalue weighted by Crippen LogP contribution is 2.36. The van der Waals surface area contributed by atoms with Crippen molar-refractivity contribution in [3.05, 3.63) is 132 Å². The van der Waals surface area contributed by atoms with Crippen molar-refractivity contribution in [2.45, 2.75) is 148 Å². The molecule has 6 aromatic heterocycles. The van der Waals surface area contributed by atoms with Crippen LogP contribution in [-0.4, -0.2) is 159 Å². The molecule has 5 fully saturated rings. The molecule has 0 unspecified atom stereocenters. The lowest BCUT2D eigenvalue weighted by Gasteiger charge is -2.28. The number of rotatable bonds is 25. The van der Waals surface area contributed by atoms with E-state index in [0.717, 1.165) is 136 Å². The minimum atomic E-state index is 0.432. The molecule has 0 radical (unpaired) electrons. The number of methoxy groups -OCH3 is 3. The zero-order valence-electron chi connectivity index (χ0n) is 63.9. The minimum absolute atomic E-state index is 0.432. The summed E-state index contributed by atoms with van der Waals surface area (Å²) in [6.45, 7) is 12.2. The number of aryl methyl sites for hydroxylation is 2. The highest BCUT2D eigenvalue weighted by atomic mass is 35.5. The van der Waals surface area contributed by atoms with Gasteiger partial charge in [-0.2, -0.15) is 44.9 Å². The van der Waals surface area contributed by atoms with Gasteiger partial charge < -0.3 is 76.8 Å². The van der Waals surface area contributed by atoms with Crippen molar-refractivity contribution >= 4 is 131 Å². The van der Waals surface area contributed by atoms with E-state index in [1.54, 1.807) is 21.3 Å². The number of anilines is 13. The molecule has 0 atom stereocenters. The number of nitrogens with one attached hydrogen (secondary N) is 9. The van der Waals surface area contributed by atoms with Gasteiger partial charge in [0.1, 0.15) is 17.2 Å². The van der Waals surface area contributed by atoms with Crippen molar-refractivity contribution < 1.29 is 14.2 Å². The van der Waals surface area contributed by atoms with Crippen LogP contribution in [0.2, 0.25) is 5.02 Å². The second-order valence-electron chi connectivity index (χ2n) is 28.9. The van der Waals surface area contributed by atoms with Gasteiger partial charge in [-0.1, -0.05) is 74.4 Å². The van der Waals surface area contributed by atoms with E-state index in [0.29, 0.717) is 96.7 Å². The van der Waals surface area contributed by atoms with Gasteiger partial charge in [0.05, 0.1) is 62.4 Å². The fraction of sp³-hybridized carbons (Fsp3) is 0.439. The lowest BCUT2D eigenvalue weighted by molar-refractivity contribution is 0.395. The summed E-state index contributed by atoms with van der Waals surface area (Å²) in [5.41, 5.74) is 9.86. The summed E-state index contributed by atoms with van der Waals surface area (Å²) in [7, 11) is 4.90. The maximum Gasteiger partial charge on any atom is 0.233 e. The molecule has 110 heavy (non-hydrogen) atoms. The van der Waals surface area contributed by atoms with Crippen LogP contribution in [0, 0.1) is 13.8 Å². The number of piperidine rings is 3. The summed E-state index contributed by atoms with van der Waals surface area (Å²) in [4.78, 5) is 63.3. The van der Waals surface area contributed by atoms with Crippen molar-refractivity contribution in [3.63, 3.8) is 0 Å². The first-order chi connectivity index (χ1) is 54.0. The quantitative estimate of drug-likeness (QED) is 0.0146. The fourth-order valence-corrected chi connectivity index (χ4v) is 15.1.